The van der Waals surface area contributed by atoms with Gasteiger partial charge in [0.05, 0.1) is 31.3 Å². The van der Waals surface area contributed by atoms with Crippen LogP contribution < -0.4 is 15.2 Å². The maximum atomic E-state index is 13.6. The van der Waals surface area contributed by atoms with Crippen LogP contribution in [-0.2, 0) is 41.4 Å². The molecule has 0 unspecified atom stereocenters. The molecule has 0 aliphatic carbocycles. The second-order valence-corrected chi connectivity index (χ2v) is 10.4. The summed E-state index contributed by atoms with van der Waals surface area (Å²) < 4.78 is 53.0. The predicted molar refractivity (Wildman–Crippen MR) is 130 cm³/mol. The van der Waals surface area contributed by atoms with E-state index in [0.29, 0.717) is 22.8 Å². The van der Waals surface area contributed by atoms with Crippen LogP contribution in [0.1, 0.15) is 11.1 Å². The molecule has 1 fully saturated rings. The van der Waals surface area contributed by atoms with Gasteiger partial charge in [0, 0.05) is 6.07 Å². The Morgan fingerprint density at radius 1 is 1.18 bits per heavy atom. The Balaban J connectivity index is 1.54. The van der Waals surface area contributed by atoms with E-state index in [1.54, 1.807) is 30.3 Å². The fourth-order valence-corrected chi connectivity index (χ4v) is 5.58. The van der Waals surface area contributed by atoms with Gasteiger partial charge in [-0.05, 0) is 47.9 Å². The van der Waals surface area contributed by atoms with Crippen molar-refractivity contribution in [1.82, 2.24) is 9.29 Å². The molecule has 0 amide bonds. The van der Waals surface area contributed by atoms with Gasteiger partial charge in [0.1, 0.15) is 17.6 Å². The van der Waals surface area contributed by atoms with Crippen molar-refractivity contribution >= 4 is 22.5 Å². The molecule has 2 heterocycles. The fourth-order valence-electron chi connectivity index (χ4n) is 3.97. The summed E-state index contributed by atoms with van der Waals surface area (Å²) in [5.74, 6) is -0.651. The first-order valence-electron chi connectivity index (χ1n) is 11.3. The second-order valence-electron chi connectivity index (χ2n) is 8.47. The number of nitrogens with two attached hydrogens (primary N) is 1. The average molecular weight is 546 g/mol. The first kappa shape index (κ1) is 27.0. The molecule has 11 nitrogen and oxygen atoms in total. The lowest BCUT2D eigenvalue weighted by Gasteiger charge is -2.48. The highest BCUT2D eigenvalue weighted by atomic mass is 32.2. The molecular formula is C25H24FN3O8S. The lowest BCUT2D eigenvalue weighted by Crippen LogP contribution is -2.64. The van der Waals surface area contributed by atoms with Gasteiger partial charge in [-0.3, -0.25) is 9.68 Å². The van der Waals surface area contributed by atoms with Crippen molar-refractivity contribution in [3.63, 3.8) is 0 Å². The normalized spacial score (nSPS) is 15.6. The van der Waals surface area contributed by atoms with Crippen molar-refractivity contribution in [2.75, 3.05) is 20.2 Å². The Morgan fingerprint density at radius 2 is 1.92 bits per heavy atom. The van der Waals surface area contributed by atoms with E-state index in [0.717, 1.165) is 0 Å². The highest BCUT2D eigenvalue weighted by Gasteiger charge is 2.52. The number of halogens is 1. The van der Waals surface area contributed by atoms with Crippen molar-refractivity contribution in [3.8, 4) is 11.6 Å². The summed E-state index contributed by atoms with van der Waals surface area (Å²) in [5, 5.41) is 0. The third kappa shape index (κ3) is 5.74. The largest absolute Gasteiger partial charge is 0.481 e. The molecule has 0 bridgehead atoms. The number of methoxy groups -OCH3 is 1. The number of carbonyl (C=O) groups excluding carboxylic acids is 2. The molecule has 3 aromatic rings. The monoisotopic (exact) mass is 545 g/mol. The number of sulfonamides is 1. The third-order valence-corrected chi connectivity index (χ3v) is 7.72. The summed E-state index contributed by atoms with van der Waals surface area (Å²) in [6, 6.07) is 13.7. The number of nitrogens with zero attached hydrogens (tertiary/aromatic N) is 2. The van der Waals surface area contributed by atoms with Crippen molar-refractivity contribution < 1.29 is 41.6 Å². The minimum Gasteiger partial charge on any atom is -0.481 e. The van der Waals surface area contributed by atoms with E-state index in [1.165, 1.54) is 47.9 Å². The molecule has 1 saturated heterocycles. The summed E-state index contributed by atoms with van der Waals surface area (Å²) in [6.07, 6.45) is 1.40. The van der Waals surface area contributed by atoms with Crippen LogP contribution in [0.2, 0.25) is 0 Å². The minimum absolute atomic E-state index is 0.0153. The first-order chi connectivity index (χ1) is 18.2. The smallest absolute Gasteiger partial charge is 0.372 e. The maximum absolute atomic E-state index is 13.6. The van der Waals surface area contributed by atoms with Crippen LogP contribution in [-0.4, -0.2) is 56.4 Å². The molecule has 1 aliphatic rings. The van der Waals surface area contributed by atoms with E-state index in [4.69, 9.17) is 15.2 Å². The van der Waals surface area contributed by atoms with E-state index < -0.39 is 33.5 Å². The molecule has 0 spiro atoms. The van der Waals surface area contributed by atoms with Crippen LogP contribution in [0, 0.1) is 5.82 Å². The number of ether oxygens (including phenoxy) is 2. The second kappa shape index (κ2) is 11.1. The Morgan fingerprint density at radius 3 is 2.55 bits per heavy atom. The molecular weight excluding hydrogens is 521 g/mol. The molecule has 200 valence electrons. The number of aromatic nitrogens is 1. The van der Waals surface area contributed by atoms with Gasteiger partial charge in [-0.2, -0.15) is 4.31 Å². The predicted octanol–water partition coefficient (Wildman–Crippen LogP) is 1.71. The quantitative estimate of drug-likeness (QED) is 0.214. The van der Waals surface area contributed by atoms with Crippen LogP contribution >= 0.6 is 0 Å². The van der Waals surface area contributed by atoms with Crippen LogP contribution in [0.3, 0.4) is 0 Å². The van der Waals surface area contributed by atoms with Crippen LogP contribution in [0.4, 0.5) is 4.39 Å². The molecule has 2 aromatic carbocycles. The van der Waals surface area contributed by atoms with Crippen molar-refractivity contribution in [2.24, 2.45) is 5.73 Å². The molecule has 0 radical (unpaired) electrons. The van der Waals surface area contributed by atoms with Gasteiger partial charge < -0.3 is 15.2 Å². The topological polar surface area (TPSA) is 147 Å². The standard InChI is InChI=1S/C25H24FN3O8S/c1-34-23-10-9-20(13-28-23)36-25(18-5-7-19(26)8-6-18)14-29(15-25)38(32,33)21-4-2-3-17(11-21)12-22(27)24(31)37-35-16-30/h2-11,13,16,22H,12,14-15,27H2,1H3/t22-/m0/s1. The number of pyridine rings is 1. The Hall–Kier alpha value is -4.07. The first-order valence-corrected chi connectivity index (χ1v) is 12.7. The zero-order valence-corrected chi connectivity index (χ0v) is 21.0. The summed E-state index contributed by atoms with van der Waals surface area (Å²) >= 11 is 0. The molecule has 1 atom stereocenters. The maximum Gasteiger partial charge on any atom is 0.372 e. The van der Waals surface area contributed by atoms with Gasteiger partial charge in [-0.15, -0.1) is 0 Å². The number of hydrogen-bond acceptors (Lipinski definition) is 10. The van der Waals surface area contributed by atoms with Crippen molar-refractivity contribution in [1.29, 1.82) is 0 Å². The van der Waals surface area contributed by atoms with Crippen LogP contribution in [0.5, 0.6) is 11.6 Å². The number of rotatable bonds is 11. The Labute approximate surface area is 217 Å². The summed E-state index contributed by atoms with van der Waals surface area (Å²) in [5.41, 5.74) is 5.72. The number of hydrogen-bond donors (Lipinski definition) is 1. The number of carbonyl (C=O) groups is 2. The van der Waals surface area contributed by atoms with Crippen LogP contribution in [0.25, 0.3) is 0 Å². The van der Waals surface area contributed by atoms with Gasteiger partial charge in [0.25, 0.3) is 0 Å². The van der Waals surface area contributed by atoms with E-state index >= 15 is 0 Å². The molecule has 2 N–H and O–H groups in total. The number of benzene rings is 2. The fraction of sp³-hybridized carbons (Fsp3) is 0.240. The van der Waals surface area contributed by atoms with Crippen molar-refractivity contribution in [3.05, 3.63) is 83.8 Å². The van der Waals surface area contributed by atoms with Gasteiger partial charge in [-0.1, -0.05) is 24.3 Å². The van der Waals surface area contributed by atoms with Gasteiger partial charge in [0.15, 0.2) is 5.60 Å². The minimum atomic E-state index is -3.97. The SMILES string of the molecule is COc1ccc(OC2(c3ccc(F)cc3)CN(S(=O)(=O)c3cccc(C[C@H](N)C(=O)OOC=O)c3)C2)cn1. The summed E-state index contributed by atoms with van der Waals surface area (Å²) in [6.45, 7) is -0.163. The highest BCUT2D eigenvalue weighted by molar-refractivity contribution is 7.89. The van der Waals surface area contributed by atoms with E-state index in [9.17, 15) is 22.4 Å². The third-order valence-electron chi connectivity index (χ3n) is 5.93. The van der Waals surface area contributed by atoms with Gasteiger partial charge >= 0.3 is 12.4 Å². The van der Waals surface area contributed by atoms with E-state index in [1.807, 2.05) is 0 Å². The van der Waals surface area contributed by atoms with Crippen molar-refractivity contribution in [2.45, 2.75) is 23.0 Å². The van der Waals surface area contributed by atoms with Gasteiger partial charge in [-0.25, -0.2) is 27.5 Å². The lowest BCUT2D eigenvalue weighted by molar-refractivity contribution is -0.249. The Kier molecular flexibility index (Phi) is 7.90. The Bertz CT molecular complexity index is 1390. The zero-order chi connectivity index (χ0) is 27.3. The lowest BCUT2D eigenvalue weighted by atomic mass is 9.87. The van der Waals surface area contributed by atoms with E-state index in [-0.39, 0.29) is 30.9 Å². The molecule has 1 aromatic heterocycles. The van der Waals surface area contributed by atoms with E-state index in [2.05, 4.69) is 14.8 Å². The molecule has 4 rings (SSSR count). The van der Waals surface area contributed by atoms with Crippen LogP contribution in [0.15, 0.2) is 71.8 Å². The molecule has 0 saturated carbocycles. The zero-order valence-electron chi connectivity index (χ0n) is 20.2. The molecule has 1 aliphatic heterocycles. The summed E-state index contributed by atoms with van der Waals surface area (Å²) in [4.78, 5) is 34.2. The summed E-state index contributed by atoms with van der Waals surface area (Å²) in [7, 11) is -2.49. The molecule has 13 heteroatoms. The molecule has 38 heavy (non-hydrogen) atoms. The average Bonchev–Trinajstić information content (AvgIpc) is 2.90. The van der Waals surface area contributed by atoms with Gasteiger partial charge in [0.2, 0.25) is 15.9 Å². The highest BCUT2D eigenvalue weighted by Crippen LogP contribution is 2.40.